The number of hydrogen-bond donors (Lipinski definition) is 6. The molecular weight excluding hydrogens is 432 g/mol. The Morgan fingerprint density at radius 1 is 1.24 bits per heavy atom. The van der Waals surface area contributed by atoms with Crippen LogP contribution in [0.3, 0.4) is 0 Å². The minimum Gasteiger partial charge on any atom is -0.481 e. The minimum atomic E-state index is -1.28. The zero-order valence-electron chi connectivity index (χ0n) is 17.9. The van der Waals surface area contributed by atoms with Crippen molar-refractivity contribution >= 4 is 28.9 Å². The number of nitrogen functional groups attached to an aromatic ring is 1. The van der Waals surface area contributed by atoms with Crippen molar-refractivity contribution in [3.8, 4) is 0 Å². The van der Waals surface area contributed by atoms with E-state index in [9.17, 15) is 20.1 Å². The first-order valence-corrected chi connectivity index (χ1v) is 10.5. The maximum absolute atomic E-state index is 10.8. The maximum Gasteiger partial charge on any atom is 0.307 e. The number of nitrogens with two attached hydrogens (primary N) is 1. The molecule has 1 unspecified atom stereocenters. The quantitative estimate of drug-likeness (QED) is 0.263. The Kier molecular flexibility index (Phi) is 6.42. The number of aromatic nitrogens is 4. The number of ether oxygens (including phenoxy) is 1. The Bertz CT molecular complexity index is 1140. The van der Waals surface area contributed by atoms with Gasteiger partial charge in [0.05, 0.1) is 19.4 Å². The van der Waals surface area contributed by atoms with Crippen molar-refractivity contribution in [2.75, 3.05) is 24.2 Å². The number of carboxylic acid groups (broad SMARTS) is 1. The predicted molar refractivity (Wildman–Crippen MR) is 117 cm³/mol. The van der Waals surface area contributed by atoms with Gasteiger partial charge in [-0.05, 0) is 17.0 Å². The van der Waals surface area contributed by atoms with Crippen molar-refractivity contribution in [3.05, 3.63) is 41.7 Å². The van der Waals surface area contributed by atoms with Crippen LogP contribution in [0.4, 0.5) is 11.8 Å². The fourth-order valence-corrected chi connectivity index (χ4v) is 3.81. The first-order chi connectivity index (χ1) is 15.8. The lowest BCUT2D eigenvalue weighted by Crippen LogP contribution is -2.33. The number of aliphatic carboxylic acids is 1. The molecule has 176 valence electrons. The molecular formula is C21H26N6O6. The lowest BCUT2D eigenvalue weighted by molar-refractivity contribution is -0.136. The predicted octanol–water partition coefficient (Wildman–Crippen LogP) is -0.137. The normalized spacial score (nSPS) is 23.6. The number of hydrogen-bond acceptors (Lipinski definition) is 10. The average Bonchev–Trinajstić information content (AvgIpc) is 3.33. The van der Waals surface area contributed by atoms with Gasteiger partial charge in [-0.2, -0.15) is 9.97 Å². The third-order valence-electron chi connectivity index (χ3n) is 5.71. The highest BCUT2D eigenvalue weighted by Gasteiger charge is 2.44. The van der Waals surface area contributed by atoms with E-state index in [0.29, 0.717) is 17.7 Å². The second-order valence-corrected chi connectivity index (χ2v) is 8.08. The third kappa shape index (κ3) is 4.59. The number of aliphatic hydroxyl groups is 3. The van der Waals surface area contributed by atoms with Crippen LogP contribution in [0.15, 0.2) is 30.6 Å². The summed E-state index contributed by atoms with van der Waals surface area (Å²) in [6.07, 6.45) is -3.09. The van der Waals surface area contributed by atoms with E-state index >= 15 is 0 Å². The number of aliphatic hydroxyl groups excluding tert-OH is 3. The number of anilines is 2. The molecule has 7 N–H and O–H groups in total. The highest BCUT2D eigenvalue weighted by molar-refractivity contribution is 5.83. The van der Waals surface area contributed by atoms with Crippen LogP contribution in [0.25, 0.3) is 11.2 Å². The van der Waals surface area contributed by atoms with Crippen LogP contribution < -0.4 is 11.1 Å². The van der Waals surface area contributed by atoms with E-state index < -0.39 is 37.1 Å². The Hall–Kier alpha value is -3.32. The smallest absolute Gasteiger partial charge is 0.307 e. The fraction of sp³-hybridized carbons (Fsp3) is 0.429. The number of benzene rings is 1. The molecule has 5 atom stereocenters. The summed E-state index contributed by atoms with van der Waals surface area (Å²) in [7, 11) is 0. The summed E-state index contributed by atoms with van der Waals surface area (Å²) < 4.78 is 7.02. The highest BCUT2D eigenvalue weighted by Crippen LogP contribution is 2.32. The van der Waals surface area contributed by atoms with Crippen LogP contribution in [-0.2, 0) is 16.0 Å². The molecule has 33 heavy (non-hydrogen) atoms. The van der Waals surface area contributed by atoms with Crippen molar-refractivity contribution in [1.82, 2.24) is 19.5 Å². The number of imidazole rings is 1. The molecule has 0 bridgehead atoms. The van der Waals surface area contributed by atoms with Gasteiger partial charge in [-0.15, -0.1) is 0 Å². The van der Waals surface area contributed by atoms with Gasteiger partial charge in [0.25, 0.3) is 0 Å². The second kappa shape index (κ2) is 9.27. The van der Waals surface area contributed by atoms with E-state index in [1.807, 2.05) is 19.1 Å². The fourth-order valence-electron chi connectivity index (χ4n) is 3.81. The van der Waals surface area contributed by atoms with Crippen molar-refractivity contribution in [2.24, 2.45) is 0 Å². The van der Waals surface area contributed by atoms with Crippen molar-refractivity contribution in [2.45, 2.75) is 43.8 Å². The number of carbonyl (C=O) groups is 1. The maximum atomic E-state index is 10.8. The van der Waals surface area contributed by atoms with Crippen LogP contribution >= 0.6 is 0 Å². The molecule has 1 saturated heterocycles. The molecule has 1 aliphatic heterocycles. The highest BCUT2D eigenvalue weighted by atomic mass is 16.6. The Morgan fingerprint density at radius 3 is 2.61 bits per heavy atom. The third-order valence-corrected chi connectivity index (χ3v) is 5.71. The van der Waals surface area contributed by atoms with Crippen LogP contribution in [0.2, 0.25) is 0 Å². The standard InChI is InChI=1S/C21H26N6O6/c1-10(12-4-2-11(3-5-12)6-14(29)30)7-23-21-25-18(22)15-19(26-21)27(9-24-15)20-17(32)16(31)13(8-28)33-20/h2-5,9-10,13,16-17,20,28,31-32H,6-8H2,1H3,(H,29,30)(H3,22,23,25,26)/t10?,13-,16-,17-,20-/m1/s1. The molecule has 0 spiro atoms. The SMILES string of the molecule is CC(CNc1nc(N)c2ncn([C@@H]3O[C@H](CO)[C@@H](O)[C@H]3O)c2n1)c1ccc(CC(=O)O)cc1. The monoisotopic (exact) mass is 458 g/mol. The molecule has 2 aromatic heterocycles. The van der Waals surface area contributed by atoms with E-state index in [1.54, 1.807) is 12.1 Å². The van der Waals surface area contributed by atoms with Gasteiger partial charge in [0.15, 0.2) is 17.7 Å². The number of fused-ring (bicyclic) bond motifs is 1. The molecule has 3 aromatic rings. The number of rotatable bonds is 8. The summed E-state index contributed by atoms with van der Waals surface area (Å²) in [4.78, 5) is 23.7. The minimum absolute atomic E-state index is 0.0246. The van der Waals surface area contributed by atoms with Crippen molar-refractivity contribution in [1.29, 1.82) is 0 Å². The topological polar surface area (TPSA) is 189 Å². The summed E-state index contributed by atoms with van der Waals surface area (Å²) in [5.74, 6) is -0.421. The zero-order chi connectivity index (χ0) is 23.7. The van der Waals surface area contributed by atoms with Crippen LogP contribution in [-0.4, -0.2) is 77.4 Å². The summed E-state index contributed by atoms with van der Waals surface area (Å²) in [5.41, 5.74) is 8.43. The van der Waals surface area contributed by atoms with E-state index in [2.05, 4.69) is 20.3 Å². The molecule has 0 radical (unpaired) electrons. The van der Waals surface area contributed by atoms with Crippen molar-refractivity contribution < 1.29 is 30.0 Å². The van der Waals surface area contributed by atoms with E-state index in [0.717, 1.165) is 11.1 Å². The summed E-state index contributed by atoms with van der Waals surface area (Å²) in [5, 5.41) is 41.8. The number of nitrogens with zero attached hydrogens (tertiary/aromatic N) is 4. The molecule has 0 amide bonds. The molecule has 4 rings (SSSR count). The van der Waals surface area contributed by atoms with Crippen LogP contribution in [0.1, 0.15) is 30.2 Å². The van der Waals surface area contributed by atoms with E-state index in [1.165, 1.54) is 10.9 Å². The van der Waals surface area contributed by atoms with E-state index in [-0.39, 0.29) is 24.1 Å². The lowest BCUT2D eigenvalue weighted by atomic mass is 9.99. The molecule has 1 aliphatic rings. The van der Waals surface area contributed by atoms with Gasteiger partial charge in [-0.3, -0.25) is 9.36 Å². The zero-order valence-corrected chi connectivity index (χ0v) is 17.9. The van der Waals surface area contributed by atoms with Gasteiger partial charge in [-0.25, -0.2) is 4.98 Å². The van der Waals surface area contributed by atoms with Gasteiger partial charge in [0.2, 0.25) is 5.95 Å². The average molecular weight is 458 g/mol. The van der Waals surface area contributed by atoms with E-state index in [4.69, 9.17) is 15.6 Å². The molecule has 1 fully saturated rings. The molecule has 12 heteroatoms. The first kappa shape index (κ1) is 22.9. The molecule has 1 aromatic carbocycles. The second-order valence-electron chi connectivity index (χ2n) is 8.08. The molecule has 0 saturated carbocycles. The summed E-state index contributed by atoms with van der Waals surface area (Å²) in [6.45, 7) is 2.04. The van der Waals surface area contributed by atoms with Crippen molar-refractivity contribution in [3.63, 3.8) is 0 Å². The van der Waals surface area contributed by atoms with Crippen LogP contribution in [0.5, 0.6) is 0 Å². The Labute approximate surface area is 188 Å². The van der Waals surface area contributed by atoms with Gasteiger partial charge >= 0.3 is 5.97 Å². The van der Waals surface area contributed by atoms with Crippen LogP contribution in [0, 0.1) is 0 Å². The Morgan fingerprint density at radius 2 is 1.97 bits per heavy atom. The van der Waals surface area contributed by atoms with Gasteiger partial charge in [0.1, 0.15) is 23.8 Å². The first-order valence-electron chi connectivity index (χ1n) is 10.5. The largest absolute Gasteiger partial charge is 0.481 e. The molecule has 12 nitrogen and oxygen atoms in total. The Balaban J connectivity index is 1.51. The lowest BCUT2D eigenvalue weighted by Gasteiger charge is -2.17. The number of nitrogens with one attached hydrogen (secondary N) is 1. The molecule has 3 heterocycles. The van der Waals surface area contributed by atoms with Gasteiger partial charge in [-0.1, -0.05) is 31.2 Å². The van der Waals surface area contributed by atoms with Gasteiger partial charge < -0.3 is 36.2 Å². The molecule has 0 aliphatic carbocycles. The van der Waals surface area contributed by atoms with Gasteiger partial charge in [0, 0.05) is 6.54 Å². The number of carboxylic acids is 1. The summed E-state index contributed by atoms with van der Waals surface area (Å²) in [6, 6.07) is 7.36. The summed E-state index contributed by atoms with van der Waals surface area (Å²) >= 11 is 0.